The zero-order valence-electron chi connectivity index (χ0n) is 18.9. The molecule has 0 spiro atoms. The van der Waals surface area contributed by atoms with Crippen molar-refractivity contribution in [2.75, 3.05) is 13.6 Å². The third kappa shape index (κ3) is 5.93. The van der Waals surface area contributed by atoms with E-state index in [1.165, 1.54) is 41.2 Å². The van der Waals surface area contributed by atoms with Gasteiger partial charge in [0, 0.05) is 31.1 Å². The van der Waals surface area contributed by atoms with Crippen LogP contribution in [0.2, 0.25) is 5.15 Å². The van der Waals surface area contributed by atoms with Gasteiger partial charge in [-0.3, -0.25) is 14.4 Å². The van der Waals surface area contributed by atoms with Crippen LogP contribution in [0.25, 0.3) is 0 Å². The van der Waals surface area contributed by atoms with Gasteiger partial charge in [0.1, 0.15) is 10.0 Å². The number of carbonyl (C=O) groups excluding carboxylic acids is 2. The Balaban J connectivity index is 1.52. The number of likely N-dealkylation sites (N-methyl/N-ethyl adjacent to an activating group) is 1. The quantitative estimate of drug-likeness (QED) is 0.454. The largest absolute Gasteiger partial charge is 0.346 e. The molecule has 1 unspecified atom stereocenters. The number of nitrogens with zero attached hydrogens (tertiary/aromatic N) is 2. The number of aromatic amines is 1. The van der Waals surface area contributed by atoms with Crippen LogP contribution < -0.4 is 10.9 Å². The van der Waals surface area contributed by atoms with E-state index in [2.05, 4.69) is 15.3 Å². The Bertz CT molecular complexity index is 1200. The molecule has 2 N–H and O–H groups in total. The molecule has 4 rings (SSSR count). The number of halogens is 1. The van der Waals surface area contributed by atoms with E-state index in [0.29, 0.717) is 17.2 Å². The molecule has 7 nitrogen and oxygen atoms in total. The maximum atomic E-state index is 13.3. The van der Waals surface area contributed by atoms with E-state index in [-0.39, 0.29) is 35.1 Å². The predicted octanol–water partition coefficient (Wildman–Crippen LogP) is 4.26. The number of amides is 2. The minimum atomic E-state index is -0.442. The molecule has 2 heterocycles. The Morgan fingerprint density at radius 1 is 1.24 bits per heavy atom. The number of hydrogen-bond acceptors (Lipinski definition) is 5. The summed E-state index contributed by atoms with van der Waals surface area (Å²) in [5.41, 5.74) is 3.44. The van der Waals surface area contributed by atoms with Crippen molar-refractivity contribution >= 4 is 34.8 Å². The summed E-state index contributed by atoms with van der Waals surface area (Å²) in [5.74, 6) is -0.167. The molecule has 0 aliphatic heterocycles. The lowest BCUT2D eigenvalue weighted by molar-refractivity contribution is 0.0765. The number of benzene rings is 1. The molecule has 0 bridgehead atoms. The molecule has 9 heteroatoms. The molecule has 178 valence electrons. The smallest absolute Gasteiger partial charge is 0.263 e. The summed E-state index contributed by atoms with van der Waals surface area (Å²) in [5, 5.41) is 3.24. The second kappa shape index (κ2) is 11.0. The summed E-state index contributed by atoms with van der Waals surface area (Å²) < 4.78 is 0. The third-order valence-corrected chi connectivity index (χ3v) is 7.15. The van der Waals surface area contributed by atoms with Crippen molar-refractivity contribution in [2.24, 2.45) is 0 Å². The van der Waals surface area contributed by atoms with Crippen molar-refractivity contribution < 1.29 is 9.59 Å². The summed E-state index contributed by atoms with van der Waals surface area (Å²) >= 11 is 7.28. The van der Waals surface area contributed by atoms with E-state index in [9.17, 15) is 14.4 Å². The molecule has 0 radical (unpaired) electrons. The van der Waals surface area contributed by atoms with Crippen molar-refractivity contribution in [1.29, 1.82) is 0 Å². The van der Waals surface area contributed by atoms with Gasteiger partial charge in [-0.15, -0.1) is 11.3 Å². The van der Waals surface area contributed by atoms with Crippen LogP contribution in [0.5, 0.6) is 0 Å². The van der Waals surface area contributed by atoms with Gasteiger partial charge in [-0.25, -0.2) is 4.98 Å². The average molecular weight is 499 g/mol. The zero-order chi connectivity index (χ0) is 24.1. The van der Waals surface area contributed by atoms with Gasteiger partial charge in [0.15, 0.2) is 0 Å². The van der Waals surface area contributed by atoms with E-state index in [4.69, 9.17) is 11.6 Å². The van der Waals surface area contributed by atoms with Crippen LogP contribution in [0.15, 0.2) is 52.8 Å². The number of hydrogen-bond donors (Lipinski definition) is 2. The molecule has 0 saturated heterocycles. The summed E-state index contributed by atoms with van der Waals surface area (Å²) in [6.07, 6.45) is 5.01. The number of pyridine rings is 1. The first-order valence-electron chi connectivity index (χ1n) is 11.3. The second-order valence-electron chi connectivity index (χ2n) is 8.68. The van der Waals surface area contributed by atoms with Crippen LogP contribution in [0, 0.1) is 0 Å². The fourth-order valence-corrected chi connectivity index (χ4v) is 5.48. The van der Waals surface area contributed by atoms with Crippen LogP contribution in [0.1, 0.15) is 62.9 Å². The van der Waals surface area contributed by atoms with Crippen molar-refractivity contribution in [2.45, 2.75) is 44.1 Å². The standard InChI is InChI=1S/C25H27ClN4O3S/c1-30(25(33)18-12-20(26)29-21(31)13-18)14-19(11-16-7-3-2-4-8-16)28-24(32)23-22(27-15-34-23)17-9-5-6-10-17/h2-4,7-8,12-13,15,17,19H,5-6,9-11,14H2,1H3,(H,28,32)(H,29,31). The molecule has 1 aliphatic rings. The minimum absolute atomic E-state index is 0.100. The second-order valence-corrected chi connectivity index (χ2v) is 9.94. The highest BCUT2D eigenvalue weighted by atomic mass is 35.5. The van der Waals surface area contributed by atoms with Gasteiger partial charge in [-0.1, -0.05) is 54.8 Å². The molecular weight excluding hydrogens is 472 g/mol. The molecule has 2 aromatic heterocycles. The Hall–Kier alpha value is -2.97. The first kappa shape index (κ1) is 24.2. The van der Waals surface area contributed by atoms with E-state index in [0.717, 1.165) is 24.1 Å². The minimum Gasteiger partial charge on any atom is -0.346 e. The van der Waals surface area contributed by atoms with Crippen LogP contribution in [-0.2, 0) is 6.42 Å². The van der Waals surface area contributed by atoms with E-state index < -0.39 is 5.56 Å². The molecule has 1 aromatic carbocycles. The number of nitrogens with one attached hydrogen (secondary N) is 2. The Labute approximate surface area is 207 Å². The molecule has 1 fully saturated rings. The van der Waals surface area contributed by atoms with Crippen LogP contribution >= 0.6 is 22.9 Å². The van der Waals surface area contributed by atoms with Gasteiger partial charge in [0.2, 0.25) is 5.56 Å². The van der Waals surface area contributed by atoms with Gasteiger partial charge >= 0.3 is 0 Å². The van der Waals surface area contributed by atoms with Gasteiger partial charge in [-0.05, 0) is 30.9 Å². The highest BCUT2D eigenvalue weighted by Gasteiger charge is 2.27. The van der Waals surface area contributed by atoms with Crippen molar-refractivity contribution in [1.82, 2.24) is 20.2 Å². The van der Waals surface area contributed by atoms with Gasteiger partial charge in [0.25, 0.3) is 11.8 Å². The first-order valence-corrected chi connectivity index (χ1v) is 12.6. The van der Waals surface area contributed by atoms with E-state index in [1.807, 2.05) is 30.3 Å². The van der Waals surface area contributed by atoms with Crippen LogP contribution in [0.4, 0.5) is 0 Å². The maximum Gasteiger partial charge on any atom is 0.263 e. The van der Waals surface area contributed by atoms with E-state index >= 15 is 0 Å². The van der Waals surface area contributed by atoms with Gasteiger partial charge in [-0.2, -0.15) is 0 Å². The predicted molar refractivity (Wildman–Crippen MR) is 134 cm³/mol. The third-order valence-electron chi connectivity index (χ3n) is 6.10. The fraction of sp³-hybridized carbons (Fsp3) is 0.360. The molecule has 2 amide bonds. The first-order chi connectivity index (χ1) is 16.4. The Morgan fingerprint density at radius 3 is 2.68 bits per heavy atom. The highest BCUT2D eigenvalue weighted by molar-refractivity contribution is 7.11. The average Bonchev–Trinajstić information content (AvgIpc) is 3.50. The molecule has 1 atom stereocenters. The number of rotatable bonds is 8. The van der Waals surface area contributed by atoms with Crippen LogP contribution in [0.3, 0.4) is 0 Å². The highest BCUT2D eigenvalue weighted by Crippen LogP contribution is 2.36. The van der Waals surface area contributed by atoms with Crippen molar-refractivity contribution in [3.63, 3.8) is 0 Å². The van der Waals surface area contributed by atoms with Crippen LogP contribution in [-0.4, -0.2) is 46.3 Å². The van der Waals surface area contributed by atoms with Crippen molar-refractivity contribution in [3.8, 4) is 0 Å². The lowest BCUT2D eigenvalue weighted by Gasteiger charge is -2.25. The summed E-state index contributed by atoms with van der Waals surface area (Å²) in [7, 11) is 1.65. The number of aromatic nitrogens is 2. The topological polar surface area (TPSA) is 95.2 Å². The van der Waals surface area contributed by atoms with E-state index in [1.54, 1.807) is 12.6 Å². The Morgan fingerprint density at radius 2 is 1.97 bits per heavy atom. The number of carbonyl (C=O) groups is 2. The molecule has 3 aromatic rings. The van der Waals surface area contributed by atoms with Gasteiger partial charge < -0.3 is 15.2 Å². The monoisotopic (exact) mass is 498 g/mol. The molecule has 34 heavy (non-hydrogen) atoms. The maximum absolute atomic E-state index is 13.3. The molecule has 1 saturated carbocycles. The molecule has 1 aliphatic carbocycles. The molecular formula is C25H27ClN4O3S. The number of thiazole rings is 1. The fourth-order valence-electron chi connectivity index (χ4n) is 4.49. The summed E-state index contributed by atoms with van der Waals surface area (Å²) in [6, 6.07) is 12.1. The summed E-state index contributed by atoms with van der Waals surface area (Å²) in [6.45, 7) is 0.265. The lowest BCUT2D eigenvalue weighted by Crippen LogP contribution is -2.45. The summed E-state index contributed by atoms with van der Waals surface area (Å²) in [4.78, 5) is 47.1. The number of H-pyrrole nitrogens is 1. The lowest BCUT2D eigenvalue weighted by atomic mass is 10.0. The Kier molecular flexibility index (Phi) is 7.80. The normalized spacial score (nSPS) is 14.6. The SMILES string of the molecule is CN(CC(Cc1ccccc1)NC(=O)c1scnc1C1CCCC1)C(=O)c1cc(Cl)[nH]c(=O)c1. The zero-order valence-corrected chi connectivity index (χ0v) is 20.5. The van der Waals surface area contributed by atoms with Gasteiger partial charge in [0.05, 0.1) is 17.2 Å². The van der Waals surface area contributed by atoms with Crippen molar-refractivity contribution in [3.05, 3.63) is 85.2 Å².